The van der Waals surface area contributed by atoms with E-state index < -0.39 is 9.84 Å². The molecule has 1 aromatic heterocycles. The van der Waals surface area contributed by atoms with Crippen molar-refractivity contribution in [2.75, 3.05) is 11.5 Å². The summed E-state index contributed by atoms with van der Waals surface area (Å²) in [5.41, 5.74) is 3.27. The van der Waals surface area contributed by atoms with E-state index in [2.05, 4.69) is 4.98 Å². The van der Waals surface area contributed by atoms with Crippen molar-refractivity contribution >= 4 is 33.1 Å². The molecule has 1 aliphatic heterocycles. The van der Waals surface area contributed by atoms with Crippen molar-refractivity contribution in [2.45, 2.75) is 19.9 Å². The number of sulfone groups is 1. The maximum Gasteiger partial charge on any atom is 0.178 e. The lowest BCUT2D eigenvalue weighted by atomic mass is 10.1. The maximum absolute atomic E-state index is 11.5. The Hall–Kier alpha value is -1.14. The molecule has 0 saturated carbocycles. The van der Waals surface area contributed by atoms with Crippen LogP contribution in [-0.4, -0.2) is 29.5 Å². The summed E-state index contributed by atoms with van der Waals surface area (Å²) < 4.78 is 25.8. The van der Waals surface area contributed by atoms with Crippen molar-refractivity contribution in [3.63, 3.8) is 0 Å². The molecular formula is C13H16N2O2S2. The summed E-state index contributed by atoms with van der Waals surface area (Å²) in [5.74, 6) is 0.774. The lowest BCUT2D eigenvalue weighted by Gasteiger charge is -2.10. The Bertz CT molecular complexity index is 787. The summed E-state index contributed by atoms with van der Waals surface area (Å²) >= 11 is 5.36. The van der Waals surface area contributed by atoms with Gasteiger partial charge in [-0.2, -0.15) is 0 Å². The Kier molecular flexibility index (Phi) is 3.02. The Morgan fingerprint density at radius 3 is 2.95 bits per heavy atom. The first-order valence-corrected chi connectivity index (χ1v) is 8.58. The molecule has 1 atom stereocenters. The van der Waals surface area contributed by atoms with Gasteiger partial charge >= 0.3 is 0 Å². The highest BCUT2D eigenvalue weighted by atomic mass is 32.2. The summed E-state index contributed by atoms with van der Waals surface area (Å²) in [5, 5.41) is 0. The molecule has 0 aliphatic carbocycles. The third-order valence-electron chi connectivity index (χ3n) is 3.79. The Morgan fingerprint density at radius 1 is 1.47 bits per heavy atom. The van der Waals surface area contributed by atoms with Gasteiger partial charge in [0, 0.05) is 6.54 Å². The Morgan fingerprint density at radius 2 is 2.26 bits per heavy atom. The molecule has 1 aliphatic rings. The van der Waals surface area contributed by atoms with Crippen molar-refractivity contribution in [3.05, 3.63) is 28.5 Å². The smallest absolute Gasteiger partial charge is 0.178 e. The van der Waals surface area contributed by atoms with Crippen molar-refractivity contribution in [3.8, 4) is 0 Å². The third-order valence-corrected chi connectivity index (χ3v) is 5.95. The van der Waals surface area contributed by atoms with Crippen molar-refractivity contribution < 1.29 is 8.42 Å². The first-order chi connectivity index (χ1) is 8.96. The predicted molar refractivity (Wildman–Crippen MR) is 78.6 cm³/mol. The van der Waals surface area contributed by atoms with Gasteiger partial charge in [-0.1, -0.05) is 12.1 Å². The second-order valence-electron chi connectivity index (χ2n) is 5.28. The number of aromatic nitrogens is 2. The number of nitrogens with zero attached hydrogens (tertiary/aromatic N) is 1. The van der Waals surface area contributed by atoms with Crippen molar-refractivity contribution in [2.24, 2.45) is 5.92 Å². The second kappa shape index (κ2) is 4.45. The van der Waals surface area contributed by atoms with E-state index >= 15 is 0 Å². The largest absolute Gasteiger partial charge is 0.330 e. The molecule has 1 aromatic carbocycles. The van der Waals surface area contributed by atoms with Gasteiger partial charge < -0.3 is 9.55 Å². The van der Waals surface area contributed by atoms with E-state index in [1.807, 2.05) is 29.7 Å². The number of nitrogens with one attached hydrogen (secondary N) is 1. The van der Waals surface area contributed by atoms with Gasteiger partial charge in [0.05, 0.1) is 22.5 Å². The van der Waals surface area contributed by atoms with Gasteiger partial charge in [0.1, 0.15) is 0 Å². The van der Waals surface area contributed by atoms with Gasteiger partial charge in [-0.15, -0.1) is 0 Å². The van der Waals surface area contributed by atoms with Crippen LogP contribution in [0.15, 0.2) is 18.2 Å². The van der Waals surface area contributed by atoms with Crippen LogP contribution >= 0.6 is 12.2 Å². The topological polar surface area (TPSA) is 54.9 Å². The van der Waals surface area contributed by atoms with Crippen molar-refractivity contribution in [1.29, 1.82) is 0 Å². The molecule has 1 N–H and O–H groups in total. The van der Waals surface area contributed by atoms with Crippen LogP contribution in [0.4, 0.5) is 0 Å². The van der Waals surface area contributed by atoms with E-state index in [9.17, 15) is 8.42 Å². The fourth-order valence-electron chi connectivity index (χ4n) is 2.78. The maximum atomic E-state index is 11.5. The average molecular weight is 296 g/mol. The zero-order chi connectivity index (χ0) is 13.6. The molecule has 1 saturated heterocycles. The van der Waals surface area contributed by atoms with Gasteiger partial charge in [-0.05, 0) is 43.1 Å². The quantitative estimate of drug-likeness (QED) is 0.866. The van der Waals surface area contributed by atoms with E-state index in [0.717, 1.165) is 23.0 Å². The highest BCUT2D eigenvalue weighted by molar-refractivity contribution is 7.91. The van der Waals surface area contributed by atoms with E-state index in [1.165, 1.54) is 0 Å². The molecule has 19 heavy (non-hydrogen) atoms. The number of para-hydroxylation sites is 1. The van der Waals surface area contributed by atoms with E-state index in [4.69, 9.17) is 12.2 Å². The molecule has 6 heteroatoms. The van der Waals surface area contributed by atoms with Crippen LogP contribution in [0.3, 0.4) is 0 Å². The zero-order valence-corrected chi connectivity index (χ0v) is 12.4. The minimum Gasteiger partial charge on any atom is -0.330 e. The van der Waals surface area contributed by atoms with Gasteiger partial charge in [-0.25, -0.2) is 8.42 Å². The molecular weight excluding hydrogens is 280 g/mol. The van der Waals surface area contributed by atoms with Crippen LogP contribution in [-0.2, 0) is 16.4 Å². The molecule has 102 valence electrons. The summed E-state index contributed by atoms with van der Waals surface area (Å²) in [4.78, 5) is 3.22. The number of benzene rings is 1. The van der Waals surface area contributed by atoms with Gasteiger partial charge in [0.15, 0.2) is 14.6 Å². The lowest BCUT2D eigenvalue weighted by molar-refractivity contribution is 0.495. The first kappa shape index (κ1) is 12.9. The number of hydrogen-bond acceptors (Lipinski definition) is 3. The van der Waals surface area contributed by atoms with E-state index in [0.29, 0.717) is 17.1 Å². The second-order valence-corrected chi connectivity index (χ2v) is 7.89. The number of aryl methyl sites for hydroxylation is 1. The predicted octanol–water partition coefficient (Wildman–Crippen LogP) is 2.44. The fraction of sp³-hybridized carbons (Fsp3) is 0.462. The molecule has 0 spiro atoms. The molecule has 4 nitrogen and oxygen atoms in total. The van der Waals surface area contributed by atoms with Crippen LogP contribution in [0.5, 0.6) is 0 Å². The lowest BCUT2D eigenvalue weighted by Crippen LogP contribution is -2.12. The average Bonchev–Trinajstić information content (AvgIpc) is 2.83. The van der Waals surface area contributed by atoms with E-state index in [1.54, 1.807) is 0 Å². The van der Waals surface area contributed by atoms with Gasteiger partial charge in [0.2, 0.25) is 0 Å². The van der Waals surface area contributed by atoms with Crippen molar-refractivity contribution in [1.82, 2.24) is 9.55 Å². The minimum atomic E-state index is -2.83. The monoisotopic (exact) mass is 296 g/mol. The van der Waals surface area contributed by atoms with Crippen LogP contribution in [0.1, 0.15) is 12.0 Å². The standard InChI is InChI=1S/C13H16N2O2S2/c1-9-3-2-4-11-12(9)14-13(18)15(11)7-10-5-6-19(16,17)8-10/h2-4,10H,5-8H2,1H3,(H,14,18). The Labute approximate surface area is 117 Å². The SMILES string of the molecule is Cc1cccc2c1[nH]c(=S)n2CC1CCS(=O)(=O)C1. The molecule has 2 aromatic rings. The summed E-state index contributed by atoms with van der Waals surface area (Å²) in [6.45, 7) is 2.72. The molecule has 2 heterocycles. The summed E-state index contributed by atoms with van der Waals surface area (Å²) in [6.07, 6.45) is 0.739. The number of rotatable bonds is 2. The molecule has 1 unspecified atom stereocenters. The van der Waals surface area contributed by atoms with Crippen LogP contribution in [0, 0.1) is 17.6 Å². The number of H-pyrrole nitrogens is 1. The number of fused-ring (bicyclic) bond motifs is 1. The summed E-state index contributed by atoms with van der Waals surface area (Å²) in [6, 6.07) is 6.07. The summed E-state index contributed by atoms with van der Waals surface area (Å²) in [7, 11) is -2.83. The normalized spacial score (nSPS) is 22.1. The molecule has 1 fully saturated rings. The van der Waals surface area contributed by atoms with Gasteiger partial charge in [0.25, 0.3) is 0 Å². The first-order valence-electron chi connectivity index (χ1n) is 6.35. The zero-order valence-electron chi connectivity index (χ0n) is 10.7. The number of imidazole rings is 1. The van der Waals surface area contributed by atoms with E-state index in [-0.39, 0.29) is 11.7 Å². The molecule has 0 amide bonds. The molecule has 0 bridgehead atoms. The molecule has 3 rings (SSSR count). The third kappa shape index (κ3) is 2.34. The van der Waals surface area contributed by atoms with Crippen LogP contribution in [0.25, 0.3) is 11.0 Å². The van der Waals surface area contributed by atoms with Crippen LogP contribution < -0.4 is 0 Å². The highest BCUT2D eigenvalue weighted by Crippen LogP contribution is 2.24. The highest BCUT2D eigenvalue weighted by Gasteiger charge is 2.28. The minimum absolute atomic E-state index is 0.177. The van der Waals surface area contributed by atoms with Gasteiger partial charge in [-0.3, -0.25) is 0 Å². The number of hydrogen-bond donors (Lipinski definition) is 1. The van der Waals surface area contributed by atoms with Crippen LogP contribution in [0.2, 0.25) is 0 Å². The fourth-order valence-corrected chi connectivity index (χ4v) is 4.90. The Balaban J connectivity index is 2.00. The molecule has 0 radical (unpaired) electrons. The number of aromatic amines is 1.